The number of nitrogens with zero attached hydrogens (tertiary/aromatic N) is 2. The lowest BCUT2D eigenvalue weighted by atomic mass is 9.96. The van der Waals surface area contributed by atoms with Crippen molar-refractivity contribution in [2.45, 2.75) is 12.6 Å². The van der Waals surface area contributed by atoms with Gasteiger partial charge in [0.05, 0.1) is 11.6 Å². The minimum Gasteiger partial charge on any atom is -0.489 e. The monoisotopic (exact) mass is 409 g/mol. The van der Waals surface area contributed by atoms with Crippen LogP contribution in [0.2, 0.25) is 0 Å². The minimum absolute atomic E-state index is 0.152. The summed E-state index contributed by atoms with van der Waals surface area (Å²) in [5.41, 5.74) is 4.67. The maximum absolute atomic E-state index is 6.13. The van der Waals surface area contributed by atoms with E-state index in [1.54, 1.807) is 0 Å². The zero-order chi connectivity index (χ0) is 20.9. The molecule has 0 spiro atoms. The van der Waals surface area contributed by atoms with Gasteiger partial charge in [-0.2, -0.15) is 0 Å². The molecule has 1 atom stereocenters. The Kier molecular flexibility index (Phi) is 5.92. The largest absolute Gasteiger partial charge is 0.489 e. The molecule has 0 saturated carbocycles. The van der Waals surface area contributed by atoms with Crippen molar-refractivity contribution in [2.75, 3.05) is 26.2 Å². The first-order valence-electron chi connectivity index (χ1n) is 10.9. The molecule has 1 fully saturated rings. The third-order valence-corrected chi connectivity index (χ3v) is 5.87. The SMILES string of the molecule is c1ccc(COc2cccc(C(c3cnc4ccccc4c3)N3CCNCC3)c2)cc1. The average Bonchev–Trinajstić information content (AvgIpc) is 2.84. The van der Waals surface area contributed by atoms with Gasteiger partial charge in [0.25, 0.3) is 0 Å². The van der Waals surface area contributed by atoms with E-state index in [0.717, 1.165) is 37.4 Å². The quantitative estimate of drug-likeness (QED) is 0.496. The van der Waals surface area contributed by atoms with Gasteiger partial charge >= 0.3 is 0 Å². The lowest BCUT2D eigenvalue weighted by Crippen LogP contribution is -2.45. The predicted molar refractivity (Wildman–Crippen MR) is 125 cm³/mol. The van der Waals surface area contributed by atoms with E-state index in [1.165, 1.54) is 22.1 Å². The topological polar surface area (TPSA) is 37.4 Å². The number of nitrogens with one attached hydrogen (secondary N) is 1. The number of rotatable bonds is 6. The van der Waals surface area contributed by atoms with Gasteiger partial charge in [0, 0.05) is 37.8 Å². The molecule has 2 heterocycles. The third-order valence-electron chi connectivity index (χ3n) is 5.87. The highest BCUT2D eigenvalue weighted by Crippen LogP contribution is 2.32. The number of para-hydroxylation sites is 1. The van der Waals surface area contributed by atoms with Crippen LogP contribution >= 0.6 is 0 Å². The summed E-state index contributed by atoms with van der Waals surface area (Å²) >= 11 is 0. The van der Waals surface area contributed by atoms with Crippen molar-refractivity contribution < 1.29 is 4.74 Å². The van der Waals surface area contributed by atoms with E-state index in [2.05, 4.69) is 64.8 Å². The Morgan fingerprint density at radius 1 is 0.839 bits per heavy atom. The van der Waals surface area contributed by atoms with Crippen LogP contribution in [0.25, 0.3) is 10.9 Å². The van der Waals surface area contributed by atoms with Crippen LogP contribution in [0.3, 0.4) is 0 Å². The molecular formula is C27H27N3O. The molecule has 0 radical (unpaired) electrons. The second-order valence-electron chi connectivity index (χ2n) is 8.00. The number of hydrogen-bond donors (Lipinski definition) is 1. The molecule has 3 aromatic carbocycles. The standard InChI is InChI=1S/C27H27N3O/c1-2-7-21(8-3-1)20-31-25-11-6-10-23(18-25)27(30-15-13-28-14-16-30)24-17-22-9-4-5-12-26(22)29-19-24/h1-12,17-19,27-28H,13-16,20H2. The third kappa shape index (κ3) is 4.61. The number of pyridine rings is 1. The summed E-state index contributed by atoms with van der Waals surface area (Å²) in [5.74, 6) is 0.898. The number of benzene rings is 3. The van der Waals surface area contributed by atoms with E-state index >= 15 is 0 Å². The van der Waals surface area contributed by atoms with Gasteiger partial charge in [-0.1, -0.05) is 60.7 Å². The molecule has 1 saturated heterocycles. The summed E-state index contributed by atoms with van der Waals surface area (Å²) in [5, 5.41) is 4.65. The van der Waals surface area contributed by atoms with Crippen LogP contribution in [-0.4, -0.2) is 36.1 Å². The van der Waals surface area contributed by atoms with E-state index in [1.807, 2.05) is 36.5 Å². The molecule has 0 aliphatic carbocycles. The maximum atomic E-state index is 6.13. The molecule has 4 heteroatoms. The van der Waals surface area contributed by atoms with Gasteiger partial charge in [-0.25, -0.2) is 0 Å². The molecule has 156 valence electrons. The van der Waals surface area contributed by atoms with Gasteiger partial charge in [-0.05, 0) is 41.0 Å². The van der Waals surface area contributed by atoms with Crippen LogP contribution in [0, 0.1) is 0 Å². The summed E-state index contributed by atoms with van der Waals surface area (Å²) in [6.45, 7) is 4.59. The Bertz CT molecular complexity index is 1140. The first-order chi connectivity index (χ1) is 15.4. The smallest absolute Gasteiger partial charge is 0.120 e. The fraction of sp³-hybridized carbons (Fsp3) is 0.222. The predicted octanol–water partition coefficient (Wildman–Crippen LogP) is 4.81. The van der Waals surface area contributed by atoms with Gasteiger partial charge in [0.15, 0.2) is 0 Å². The Morgan fingerprint density at radius 3 is 2.52 bits per heavy atom. The number of fused-ring (bicyclic) bond motifs is 1. The molecule has 0 amide bonds. The molecule has 5 rings (SSSR count). The van der Waals surface area contributed by atoms with Crippen molar-refractivity contribution in [2.24, 2.45) is 0 Å². The van der Waals surface area contributed by atoms with Crippen molar-refractivity contribution in [1.82, 2.24) is 15.2 Å². The van der Waals surface area contributed by atoms with Gasteiger partial charge in [0.2, 0.25) is 0 Å². The molecule has 4 aromatic rings. The lowest BCUT2D eigenvalue weighted by Gasteiger charge is -2.35. The number of ether oxygens (including phenoxy) is 1. The van der Waals surface area contributed by atoms with Crippen molar-refractivity contribution in [3.05, 3.63) is 108 Å². The van der Waals surface area contributed by atoms with E-state index in [4.69, 9.17) is 9.72 Å². The molecular weight excluding hydrogens is 382 g/mol. The van der Waals surface area contributed by atoms with E-state index < -0.39 is 0 Å². The van der Waals surface area contributed by atoms with Gasteiger partial charge < -0.3 is 10.1 Å². The highest BCUT2D eigenvalue weighted by molar-refractivity contribution is 5.79. The molecule has 1 aliphatic heterocycles. The average molecular weight is 410 g/mol. The van der Waals surface area contributed by atoms with Crippen molar-refractivity contribution in [3.8, 4) is 5.75 Å². The zero-order valence-electron chi connectivity index (χ0n) is 17.6. The molecule has 31 heavy (non-hydrogen) atoms. The molecule has 1 N–H and O–H groups in total. The summed E-state index contributed by atoms with van der Waals surface area (Å²) < 4.78 is 6.13. The van der Waals surface area contributed by atoms with Gasteiger partial charge in [0.1, 0.15) is 12.4 Å². The first kappa shape index (κ1) is 19.7. The zero-order valence-corrected chi connectivity index (χ0v) is 17.6. The number of aromatic nitrogens is 1. The summed E-state index contributed by atoms with van der Waals surface area (Å²) in [6, 6.07) is 29.6. The second kappa shape index (κ2) is 9.29. The fourth-order valence-electron chi connectivity index (χ4n) is 4.31. The van der Waals surface area contributed by atoms with Crippen LogP contribution in [0.15, 0.2) is 91.1 Å². The van der Waals surface area contributed by atoms with E-state index in [0.29, 0.717) is 6.61 Å². The first-order valence-corrected chi connectivity index (χ1v) is 10.9. The van der Waals surface area contributed by atoms with E-state index in [9.17, 15) is 0 Å². The fourth-order valence-corrected chi connectivity index (χ4v) is 4.31. The maximum Gasteiger partial charge on any atom is 0.120 e. The van der Waals surface area contributed by atoms with E-state index in [-0.39, 0.29) is 6.04 Å². The van der Waals surface area contributed by atoms with Crippen molar-refractivity contribution in [1.29, 1.82) is 0 Å². The Hall–Kier alpha value is -3.21. The van der Waals surface area contributed by atoms with Crippen LogP contribution < -0.4 is 10.1 Å². The molecule has 4 nitrogen and oxygen atoms in total. The molecule has 1 aromatic heterocycles. The summed E-state index contributed by atoms with van der Waals surface area (Å²) in [6.07, 6.45) is 2.03. The van der Waals surface area contributed by atoms with Crippen LogP contribution in [0.1, 0.15) is 22.7 Å². The second-order valence-corrected chi connectivity index (χ2v) is 8.00. The molecule has 0 bridgehead atoms. The summed E-state index contributed by atoms with van der Waals surface area (Å²) in [4.78, 5) is 7.29. The Balaban J connectivity index is 1.47. The van der Waals surface area contributed by atoms with Gasteiger partial charge in [-0.15, -0.1) is 0 Å². The van der Waals surface area contributed by atoms with Crippen LogP contribution in [-0.2, 0) is 6.61 Å². The van der Waals surface area contributed by atoms with Gasteiger partial charge in [-0.3, -0.25) is 9.88 Å². The highest BCUT2D eigenvalue weighted by Gasteiger charge is 2.25. The van der Waals surface area contributed by atoms with Crippen LogP contribution in [0.5, 0.6) is 5.75 Å². The molecule has 1 aliphatic rings. The summed E-state index contributed by atoms with van der Waals surface area (Å²) in [7, 11) is 0. The number of hydrogen-bond acceptors (Lipinski definition) is 4. The lowest BCUT2D eigenvalue weighted by molar-refractivity contribution is 0.198. The Labute approximate surface area is 183 Å². The highest BCUT2D eigenvalue weighted by atomic mass is 16.5. The van der Waals surface area contributed by atoms with Crippen molar-refractivity contribution >= 4 is 10.9 Å². The normalized spacial score (nSPS) is 15.6. The Morgan fingerprint density at radius 2 is 1.65 bits per heavy atom. The number of piperazine rings is 1. The minimum atomic E-state index is 0.152. The van der Waals surface area contributed by atoms with Crippen molar-refractivity contribution in [3.63, 3.8) is 0 Å². The molecule has 1 unspecified atom stereocenters. The van der Waals surface area contributed by atoms with Crippen LogP contribution in [0.4, 0.5) is 0 Å².